The first kappa shape index (κ1) is 13.7. The zero-order chi connectivity index (χ0) is 14.9. The highest BCUT2D eigenvalue weighted by molar-refractivity contribution is 5.99. The second kappa shape index (κ2) is 5.71. The molecule has 114 valence electrons. The molecule has 3 nitrogen and oxygen atoms in total. The number of rotatable bonds is 2. The van der Waals surface area contributed by atoms with Crippen molar-refractivity contribution in [3.63, 3.8) is 0 Å². The molecule has 1 aromatic carbocycles. The minimum atomic E-state index is 0.294. The third-order valence-corrected chi connectivity index (χ3v) is 5.14. The fourth-order valence-corrected chi connectivity index (χ4v) is 3.84. The molecule has 0 radical (unpaired) electrons. The molecule has 0 N–H and O–H groups in total. The number of carbonyl (C=O) groups excluding carboxylic acids is 1. The molecule has 4 rings (SSSR count). The molecular formula is C19H22N2O. The standard InChI is InChI=1S/C19H22N2O/c22-19-8-4-5-14-9-10-15(11-18(14)19)16-12-20-21(13-16)17-6-2-1-3-7-17/h9-13,17H,1-8H2. The van der Waals surface area contributed by atoms with E-state index in [2.05, 4.69) is 34.2 Å². The van der Waals surface area contributed by atoms with Crippen LogP contribution >= 0.6 is 0 Å². The van der Waals surface area contributed by atoms with Crippen LogP contribution in [0.5, 0.6) is 0 Å². The van der Waals surface area contributed by atoms with E-state index < -0.39 is 0 Å². The normalized spacial score (nSPS) is 19.2. The van der Waals surface area contributed by atoms with Gasteiger partial charge in [-0.1, -0.05) is 31.4 Å². The number of carbonyl (C=O) groups is 1. The minimum absolute atomic E-state index is 0.294. The van der Waals surface area contributed by atoms with Crippen molar-refractivity contribution in [2.24, 2.45) is 0 Å². The van der Waals surface area contributed by atoms with Gasteiger partial charge in [-0.2, -0.15) is 5.10 Å². The number of nitrogens with zero attached hydrogens (tertiary/aromatic N) is 2. The molecule has 0 bridgehead atoms. The number of Topliss-reactive ketones (excluding diaryl/α,β-unsaturated/α-hetero) is 1. The quantitative estimate of drug-likeness (QED) is 0.813. The molecular weight excluding hydrogens is 272 g/mol. The molecule has 0 unspecified atom stereocenters. The monoisotopic (exact) mass is 294 g/mol. The van der Waals surface area contributed by atoms with Crippen LogP contribution in [0.1, 0.15) is 66.9 Å². The van der Waals surface area contributed by atoms with Crippen LogP contribution in [0, 0.1) is 0 Å². The van der Waals surface area contributed by atoms with Gasteiger partial charge in [-0.25, -0.2) is 0 Å². The Morgan fingerprint density at radius 2 is 1.86 bits per heavy atom. The zero-order valence-electron chi connectivity index (χ0n) is 12.9. The summed E-state index contributed by atoms with van der Waals surface area (Å²) in [7, 11) is 0. The van der Waals surface area contributed by atoms with Crippen molar-refractivity contribution in [3.05, 3.63) is 41.7 Å². The largest absolute Gasteiger partial charge is 0.294 e. The molecule has 1 fully saturated rings. The predicted molar refractivity (Wildman–Crippen MR) is 87.1 cm³/mol. The van der Waals surface area contributed by atoms with Crippen LogP contribution < -0.4 is 0 Å². The SMILES string of the molecule is O=C1CCCc2ccc(-c3cnn(C4CCCCC4)c3)cc21. The van der Waals surface area contributed by atoms with Gasteiger partial charge in [0.25, 0.3) is 0 Å². The Hall–Kier alpha value is -1.90. The Labute approximate surface area is 131 Å². The van der Waals surface area contributed by atoms with Gasteiger partial charge in [0, 0.05) is 23.7 Å². The fraction of sp³-hybridized carbons (Fsp3) is 0.474. The van der Waals surface area contributed by atoms with Gasteiger partial charge in [0.2, 0.25) is 0 Å². The van der Waals surface area contributed by atoms with Gasteiger partial charge in [0.05, 0.1) is 12.2 Å². The van der Waals surface area contributed by atoms with Gasteiger partial charge in [-0.05, 0) is 42.9 Å². The number of benzene rings is 1. The summed E-state index contributed by atoms with van der Waals surface area (Å²) < 4.78 is 2.13. The van der Waals surface area contributed by atoms with E-state index in [0.717, 1.165) is 29.5 Å². The summed E-state index contributed by atoms with van der Waals surface area (Å²) in [6.07, 6.45) is 13.3. The topological polar surface area (TPSA) is 34.9 Å². The summed E-state index contributed by atoms with van der Waals surface area (Å²) in [6, 6.07) is 6.89. The molecule has 2 aromatic rings. The summed E-state index contributed by atoms with van der Waals surface area (Å²) in [5.41, 5.74) is 4.39. The van der Waals surface area contributed by atoms with E-state index in [9.17, 15) is 4.79 Å². The highest BCUT2D eigenvalue weighted by Gasteiger charge is 2.19. The molecule has 0 amide bonds. The summed E-state index contributed by atoms with van der Waals surface area (Å²) in [6.45, 7) is 0. The third kappa shape index (κ3) is 2.49. The number of hydrogen-bond donors (Lipinski definition) is 0. The van der Waals surface area contributed by atoms with Crippen LogP contribution in [0.25, 0.3) is 11.1 Å². The second-order valence-electron chi connectivity index (χ2n) is 6.65. The molecule has 2 aliphatic rings. The van der Waals surface area contributed by atoms with Crippen LogP contribution in [-0.2, 0) is 6.42 Å². The molecule has 1 aromatic heterocycles. The van der Waals surface area contributed by atoms with Crippen molar-refractivity contribution in [3.8, 4) is 11.1 Å². The van der Waals surface area contributed by atoms with Crippen molar-refractivity contribution in [1.82, 2.24) is 9.78 Å². The van der Waals surface area contributed by atoms with Crippen molar-refractivity contribution < 1.29 is 4.79 Å². The lowest BCUT2D eigenvalue weighted by Crippen LogP contribution is -2.12. The number of hydrogen-bond acceptors (Lipinski definition) is 2. The van der Waals surface area contributed by atoms with E-state index in [1.807, 2.05) is 6.20 Å². The summed E-state index contributed by atoms with van der Waals surface area (Å²) in [5.74, 6) is 0.294. The Morgan fingerprint density at radius 3 is 2.73 bits per heavy atom. The average molecular weight is 294 g/mol. The average Bonchev–Trinajstić information content (AvgIpc) is 3.06. The van der Waals surface area contributed by atoms with E-state index >= 15 is 0 Å². The predicted octanol–water partition coefficient (Wildman–Crippen LogP) is 4.57. The molecule has 3 heteroatoms. The molecule has 22 heavy (non-hydrogen) atoms. The molecule has 1 heterocycles. The number of fused-ring (bicyclic) bond motifs is 1. The van der Waals surface area contributed by atoms with E-state index in [1.54, 1.807) is 0 Å². The lowest BCUT2D eigenvalue weighted by atomic mass is 9.88. The maximum Gasteiger partial charge on any atom is 0.163 e. The first-order chi connectivity index (χ1) is 10.8. The zero-order valence-corrected chi connectivity index (χ0v) is 12.9. The molecule has 0 aliphatic heterocycles. The lowest BCUT2D eigenvalue weighted by Gasteiger charge is -2.21. The van der Waals surface area contributed by atoms with Gasteiger partial charge in [-0.3, -0.25) is 9.48 Å². The van der Waals surface area contributed by atoms with Gasteiger partial charge in [0.1, 0.15) is 0 Å². The fourth-order valence-electron chi connectivity index (χ4n) is 3.84. The van der Waals surface area contributed by atoms with Crippen LogP contribution in [0.4, 0.5) is 0 Å². The maximum absolute atomic E-state index is 12.1. The van der Waals surface area contributed by atoms with Crippen LogP contribution in [0.2, 0.25) is 0 Å². The Morgan fingerprint density at radius 1 is 1.00 bits per heavy atom. The first-order valence-electron chi connectivity index (χ1n) is 8.52. The van der Waals surface area contributed by atoms with Crippen LogP contribution in [-0.4, -0.2) is 15.6 Å². The lowest BCUT2D eigenvalue weighted by molar-refractivity contribution is 0.0972. The smallest absolute Gasteiger partial charge is 0.163 e. The number of ketones is 1. The van der Waals surface area contributed by atoms with Crippen molar-refractivity contribution >= 4 is 5.78 Å². The second-order valence-corrected chi connectivity index (χ2v) is 6.65. The van der Waals surface area contributed by atoms with Gasteiger partial charge in [-0.15, -0.1) is 0 Å². The van der Waals surface area contributed by atoms with E-state index in [1.165, 1.54) is 37.7 Å². The van der Waals surface area contributed by atoms with E-state index in [-0.39, 0.29) is 0 Å². The molecule has 0 spiro atoms. The molecule has 0 saturated heterocycles. The summed E-state index contributed by atoms with van der Waals surface area (Å²) >= 11 is 0. The van der Waals surface area contributed by atoms with Crippen molar-refractivity contribution in [1.29, 1.82) is 0 Å². The van der Waals surface area contributed by atoms with Gasteiger partial charge in [0.15, 0.2) is 5.78 Å². The maximum atomic E-state index is 12.1. The molecule has 0 atom stereocenters. The Balaban J connectivity index is 1.63. The molecule has 1 saturated carbocycles. The van der Waals surface area contributed by atoms with Gasteiger partial charge >= 0.3 is 0 Å². The third-order valence-electron chi connectivity index (χ3n) is 5.14. The van der Waals surface area contributed by atoms with Gasteiger partial charge < -0.3 is 0 Å². The highest BCUT2D eigenvalue weighted by Crippen LogP contribution is 2.31. The number of aromatic nitrogens is 2. The summed E-state index contributed by atoms with van der Waals surface area (Å²) in [5, 5.41) is 4.58. The van der Waals surface area contributed by atoms with Crippen molar-refractivity contribution in [2.45, 2.75) is 57.4 Å². The first-order valence-corrected chi connectivity index (χ1v) is 8.52. The number of aryl methyl sites for hydroxylation is 1. The van der Waals surface area contributed by atoms with Crippen molar-refractivity contribution in [2.75, 3.05) is 0 Å². The molecule has 2 aliphatic carbocycles. The highest BCUT2D eigenvalue weighted by atomic mass is 16.1. The van der Waals surface area contributed by atoms with E-state index in [0.29, 0.717) is 18.2 Å². The Kier molecular flexibility index (Phi) is 3.57. The van der Waals surface area contributed by atoms with Crippen LogP contribution in [0.15, 0.2) is 30.6 Å². The summed E-state index contributed by atoms with van der Waals surface area (Å²) in [4.78, 5) is 12.1. The van der Waals surface area contributed by atoms with Crippen LogP contribution in [0.3, 0.4) is 0 Å². The van der Waals surface area contributed by atoms with E-state index in [4.69, 9.17) is 0 Å². The minimum Gasteiger partial charge on any atom is -0.294 e. The Bertz CT molecular complexity index is 695.